The van der Waals surface area contributed by atoms with Crippen molar-refractivity contribution in [3.63, 3.8) is 0 Å². The standard InChI is InChI=1S/C27H33N3O4S/c1-26(2,3)29-15-9-13-27-21(20-19(35-27)12-8-14-28(4)23(20)32)24(33)30(22(27)25(29)34)18(16-31)17-10-6-5-7-11-17/h5-13,18-22,31H,14-16H2,1-4H3/t18-,19-,20+,21+,22?,27+/m1/s1. The van der Waals surface area contributed by atoms with Gasteiger partial charge in [-0.15, -0.1) is 11.8 Å². The first-order valence-electron chi connectivity index (χ1n) is 12.2. The van der Waals surface area contributed by atoms with E-state index in [4.69, 9.17) is 0 Å². The van der Waals surface area contributed by atoms with Crippen LogP contribution in [-0.4, -0.2) is 85.8 Å². The average Bonchev–Trinajstić information content (AvgIpc) is 3.13. The molecule has 1 N–H and O–H groups in total. The van der Waals surface area contributed by atoms with Crippen molar-refractivity contribution in [1.29, 1.82) is 0 Å². The summed E-state index contributed by atoms with van der Waals surface area (Å²) in [5.41, 5.74) is 0.317. The number of likely N-dealkylation sites (tertiary alicyclic amines) is 1. The van der Waals surface area contributed by atoms with Gasteiger partial charge < -0.3 is 19.8 Å². The average molecular weight is 496 g/mol. The molecule has 0 aromatic heterocycles. The zero-order valence-electron chi connectivity index (χ0n) is 20.6. The molecule has 0 aliphatic carbocycles. The van der Waals surface area contributed by atoms with E-state index < -0.39 is 34.2 Å². The molecule has 4 heterocycles. The fourth-order valence-electron chi connectivity index (χ4n) is 6.17. The molecule has 1 aromatic carbocycles. The van der Waals surface area contributed by atoms with E-state index >= 15 is 0 Å². The first-order chi connectivity index (χ1) is 16.6. The number of hydrogen-bond donors (Lipinski definition) is 1. The second kappa shape index (κ2) is 8.52. The number of carbonyl (C=O) groups excluding carboxylic acids is 3. The molecule has 1 aromatic rings. The number of nitrogens with zero attached hydrogens (tertiary/aromatic N) is 3. The highest BCUT2D eigenvalue weighted by molar-refractivity contribution is 8.02. The van der Waals surface area contributed by atoms with E-state index in [1.807, 2.05) is 80.3 Å². The summed E-state index contributed by atoms with van der Waals surface area (Å²) in [5, 5.41) is 10.3. The Hall–Kier alpha value is -2.58. The number of amides is 3. The SMILES string of the molecule is CN1CC=C[C@H]2S[C@]34C=CCN(C(C)(C)C)C(=O)C3N([C@H](CO)c3ccccc3)C(=O)[C@@H]4[C@H]2C1=O. The number of hydrogen-bond acceptors (Lipinski definition) is 5. The van der Waals surface area contributed by atoms with Crippen LogP contribution in [0.4, 0.5) is 0 Å². The Morgan fingerprint density at radius 3 is 2.43 bits per heavy atom. The van der Waals surface area contributed by atoms with E-state index in [1.54, 1.807) is 28.6 Å². The third-order valence-corrected chi connectivity index (χ3v) is 9.54. The number of thioether (sulfide) groups is 1. The van der Waals surface area contributed by atoms with E-state index in [1.165, 1.54) is 0 Å². The van der Waals surface area contributed by atoms with Gasteiger partial charge in [0.15, 0.2) is 0 Å². The van der Waals surface area contributed by atoms with Crippen molar-refractivity contribution in [2.45, 2.75) is 48.4 Å². The van der Waals surface area contributed by atoms with Gasteiger partial charge in [0.25, 0.3) is 0 Å². The maximum atomic E-state index is 14.4. The maximum absolute atomic E-state index is 14.4. The van der Waals surface area contributed by atoms with Crippen molar-refractivity contribution < 1.29 is 19.5 Å². The van der Waals surface area contributed by atoms with Gasteiger partial charge in [0.1, 0.15) is 6.04 Å². The molecule has 1 unspecified atom stereocenters. The highest BCUT2D eigenvalue weighted by Gasteiger charge is 2.72. The lowest BCUT2D eigenvalue weighted by Gasteiger charge is -2.42. The minimum absolute atomic E-state index is 0.0682. The van der Waals surface area contributed by atoms with Crippen LogP contribution in [-0.2, 0) is 14.4 Å². The van der Waals surface area contributed by atoms with Crippen LogP contribution in [0.1, 0.15) is 32.4 Å². The Morgan fingerprint density at radius 1 is 1.06 bits per heavy atom. The van der Waals surface area contributed by atoms with Crippen LogP contribution >= 0.6 is 11.8 Å². The number of carbonyl (C=O) groups is 3. The van der Waals surface area contributed by atoms with Crippen LogP contribution in [0.15, 0.2) is 54.6 Å². The smallest absolute Gasteiger partial charge is 0.247 e. The zero-order chi connectivity index (χ0) is 25.1. The van der Waals surface area contributed by atoms with Crippen LogP contribution in [0.25, 0.3) is 0 Å². The minimum atomic E-state index is -0.885. The van der Waals surface area contributed by atoms with Gasteiger partial charge in [-0.25, -0.2) is 0 Å². The fraction of sp³-hybridized carbons (Fsp3) is 0.519. The summed E-state index contributed by atoms with van der Waals surface area (Å²) >= 11 is 1.56. The Morgan fingerprint density at radius 2 is 1.77 bits per heavy atom. The van der Waals surface area contributed by atoms with Gasteiger partial charge in [-0.05, 0) is 26.3 Å². The van der Waals surface area contributed by atoms with Crippen molar-refractivity contribution in [3.05, 3.63) is 60.2 Å². The minimum Gasteiger partial charge on any atom is -0.394 e. The summed E-state index contributed by atoms with van der Waals surface area (Å²) in [6.45, 7) is 6.59. The van der Waals surface area contributed by atoms with Crippen molar-refractivity contribution in [2.75, 3.05) is 26.7 Å². The highest BCUT2D eigenvalue weighted by atomic mass is 32.2. The molecule has 3 amide bonds. The largest absolute Gasteiger partial charge is 0.394 e. The first kappa shape index (κ1) is 24.1. The normalized spacial score (nSPS) is 33.4. The van der Waals surface area contributed by atoms with Gasteiger partial charge >= 0.3 is 0 Å². The van der Waals surface area contributed by atoms with Gasteiger partial charge in [-0.1, -0.05) is 54.6 Å². The van der Waals surface area contributed by atoms with Crippen LogP contribution in [0, 0.1) is 11.8 Å². The Kier molecular flexibility index (Phi) is 5.87. The molecule has 0 saturated carbocycles. The molecule has 186 valence electrons. The van der Waals surface area contributed by atoms with Gasteiger partial charge in [0, 0.05) is 30.9 Å². The molecule has 2 saturated heterocycles. The maximum Gasteiger partial charge on any atom is 0.247 e. The molecule has 8 heteroatoms. The predicted octanol–water partition coefficient (Wildman–Crippen LogP) is 2.24. The lowest BCUT2D eigenvalue weighted by atomic mass is 9.78. The van der Waals surface area contributed by atoms with Gasteiger partial charge in [-0.2, -0.15) is 0 Å². The van der Waals surface area contributed by atoms with E-state index in [9.17, 15) is 19.5 Å². The van der Waals surface area contributed by atoms with E-state index in [-0.39, 0.29) is 29.6 Å². The Bertz CT molecular complexity index is 1100. The molecule has 4 aliphatic rings. The lowest BCUT2D eigenvalue weighted by molar-refractivity contribution is -0.148. The molecule has 4 aliphatic heterocycles. The third-order valence-electron chi connectivity index (χ3n) is 7.80. The number of aliphatic hydroxyl groups excluding tert-OH is 1. The summed E-state index contributed by atoms with van der Waals surface area (Å²) in [6, 6.07) is 7.86. The fourth-order valence-corrected chi connectivity index (χ4v) is 8.17. The molecule has 1 spiro atoms. The van der Waals surface area contributed by atoms with E-state index in [0.717, 1.165) is 5.56 Å². The van der Waals surface area contributed by atoms with E-state index in [0.29, 0.717) is 13.1 Å². The summed E-state index contributed by atoms with van der Waals surface area (Å²) < 4.78 is -0.885. The quantitative estimate of drug-likeness (QED) is 0.651. The summed E-state index contributed by atoms with van der Waals surface area (Å²) in [7, 11) is 1.76. The van der Waals surface area contributed by atoms with Gasteiger partial charge in [0.05, 0.1) is 29.2 Å². The van der Waals surface area contributed by atoms with Crippen molar-refractivity contribution in [2.24, 2.45) is 11.8 Å². The number of rotatable bonds is 3. The Labute approximate surface area is 210 Å². The van der Waals surface area contributed by atoms with Crippen LogP contribution in [0.5, 0.6) is 0 Å². The molecule has 5 rings (SSSR count). The monoisotopic (exact) mass is 495 g/mol. The summed E-state index contributed by atoms with van der Waals surface area (Å²) in [5.74, 6) is -1.68. The summed E-state index contributed by atoms with van der Waals surface area (Å²) in [4.78, 5) is 47.3. The van der Waals surface area contributed by atoms with Crippen molar-refractivity contribution >= 4 is 29.5 Å². The number of likely N-dealkylation sites (N-methyl/N-ethyl adjacent to an activating group) is 1. The van der Waals surface area contributed by atoms with Crippen LogP contribution < -0.4 is 0 Å². The molecule has 6 atom stereocenters. The molecular formula is C27H33N3O4S. The van der Waals surface area contributed by atoms with Gasteiger partial charge in [-0.3, -0.25) is 14.4 Å². The second-order valence-corrected chi connectivity index (χ2v) is 12.4. The number of benzene rings is 1. The zero-order valence-corrected chi connectivity index (χ0v) is 21.4. The van der Waals surface area contributed by atoms with Gasteiger partial charge in [0.2, 0.25) is 17.7 Å². The molecule has 2 fully saturated rings. The first-order valence-corrected chi connectivity index (χ1v) is 13.1. The van der Waals surface area contributed by atoms with Crippen molar-refractivity contribution in [1.82, 2.24) is 14.7 Å². The molecule has 35 heavy (non-hydrogen) atoms. The molecule has 0 bridgehead atoms. The third kappa shape index (κ3) is 3.56. The lowest BCUT2D eigenvalue weighted by Crippen LogP contribution is -2.58. The van der Waals surface area contributed by atoms with Crippen LogP contribution in [0.3, 0.4) is 0 Å². The number of aliphatic hydroxyl groups is 1. The predicted molar refractivity (Wildman–Crippen MR) is 135 cm³/mol. The molecule has 7 nitrogen and oxygen atoms in total. The van der Waals surface area contributed by atoms with Crippen molar-refractivity contribution in [3.8, 4) is 0 Å². The highest BCUT2D eigenvalue weighted by Crippen LogP contribution is 2.62. The Balaban J connectivity index is 1.70. The molecule has 0 radical (unpaired) electrons. The second-order valence-electron chi connectivity index (χ2n) is 10.9. The van der Waals surface area contributed by atoms with E-state index in [2.05, 4.69) is 0 Å². The topological polar surface area (TPSA) is 81.2 Å². The number of fused-ring (bicyclic) bond motifs is 2. The summed E-state index contributed by atoms with van der Waals surface area (Å²) in [6.07, 6.45) is 8.02. The van der Waals surface area contributed by atoms with Crippen LogP contribution in [0.2, 0.25) is 0 Å². The molecular weight excluding hydrogens is 462 g/mol.